The molecule has 1 amide bonds. The monoisotopic (exact) mass is 348 g/mol. The molecule has 0 aliphatic rings. The lowest BCUT2D eigenvalue weighted by Gasteiger charge is -2.18. The molecule has 6 nitrogen and oxygen atoms in total. The van der Waals surface area contributed by atoms with E-state index >= 15 is 0 Å². The van der Waals surface area contributed by atoms with Crippen molar-refractivity contribution in [3.63, 3.8) is 0 Å². The highest BCUT2D eigenvalue weighted by Crippen LogP contribution is 2.29. The van der Waals surface area contributed by atoms with Gasteiger partial charge in [-0.05, 0) is 43.0 Å². The van der Waals surface area contributed by atoms with Crippen molar-refractivity contribution in [1.82, 2.24) is 5.32 Å². The summed E-state index contributed by atoms with van der Waals surface area (Å²) in [5, 5.41) is 15.0. The molecule has 24 heavy (non-hydrogen) atoms. The van der Waals surface area contributed by atoms with Gasteiger partial charge in [-0.2, -0.15) is 4.73 Å². The van der Waals surface area contributed by atoms with Gasteiger partial charge in [-0.3, -0.25) is 4.79 Å². The highest BCUT2D eigenvalue weighted by molar-refractivity contribution is 7.99. The zero-order valence-electron chi connectivity index (χ0n) is 13.8. The first-order valence-electron chi connectivity index (χ1n) is 7.37. The Morgan fingerprint density at radius 3 is 2.75 bits per heavy atom. The molecule has 1 unspecified atom stereocenters. The molecule has 0 radical (unpaired) electrons. The topological polar surface area (TPSA) is 74.5 Å². The third-order valence-electron chi connectivity index (χ3n) is 3.42. The number of ether oxygens (including phenoxy) is 2. The van der Waals surface area contributed by atoms with E-state index in [9.17, 15) is 10.0 Å². The Bertz CT molecular complexity index is 709. The zero-order valence-corrected chi connectivity index (χ0v) is 14.6. The van der Waals surface area contributed by atoms with Crippen LogP contribution in [0.25, 0.3) is 0 Å². The molecule has 0 aliphatic heterocycles. The number of hydrogen-bond donors (Lipinski definition) is 1. The Morgan fingerprint density at radius 1 is 1.29 bits per heavy atom. The highest BCUT2D eigenvalue weighted by atomic mass is 32.2. The Balaban J connectivity index is 2.00. The van der Waals surface area contributed by atoms with Crippen LogP contribution in [-0.4, -0.2) is 25.9 Å². The lowest BCUT2D eigenvalue weighted by molar-refractivity contribution is -0.645. The van der Waals surface area contributed by atoms with E-state index in [1.54, 1.807) is 44.6 Å². The molecule has 1 atom stereocenters. The molecule has 0 aliphatic carbocycles. The summed E-state index contributed by atoms with van der Waals surface area (Å²) in [7, 11) is 3.17. The molecule has 0 saturated heterocycles. The van der Waals surface area contributed by atoms with Gasteiger partial charge in [0.1, 0.15) is 11.5 Å². The van der Waals surface area contributed by atoms with Crippen LogP contribution in [0.2, 0.25) is 0 Å². The van der Waals surface area contributed by atoms with E-state index in [4.69, 9.17) is 9.47 Å². The number of carbonyl (C=O) groups is 1. The number of thioether (sulfide) groups is 1. The fourth-order valence-corrected chi connectivity index (χ4v) is 2.93. The van der Waals surface area contributed by atoms with Crippen molar-refractivity contribution in [1.29, 1.82) is 0 Å². The van der Waals surface area contributed by atoms with Crippen LogP contribution in [0, 0.1) is 5.21 Å². The Kier molecular flexibility index (Phi) is 6.31. The molecule has 0 spiro atoms. The van der Waals surface area contributed by atoms with Crippen LogP contribution in [0.4, 0.5) is 0 Å². The summed E-state index contributed by atoms with van der Waals surface area (Å²) < 4.78 is 11.3. The molecule has 1 aromatic carbocycles. The van der Waals surface area contributed by atoms with E-state index in [1.807, 2.05) is 13.0 Å². The molecule has 1 N–H and O–H groups in total. The standard InChI is InChI=1S/C17H20N2O4S/c1-12(14-10-13(22-2)7-8-15(14)23-3)18-16(20)11-24-17-6-4-5-9-19(17)21/h4-10,12H,11H2,1-3H3,(H,18,20). The second kappa shape index (κ2) is 8.44. The molecule has 128 valence electrons. The van der Waals surface area contributed by atoms with Crippen molar-refractivity contribution >= 4 is 17.7 Å². The van der Waals surface area contributed by atoms with E-state index in [0.29, 0.717) is 16.5 Å². The van der Waals surface area contributed by atoms with Gasteiger partial charge in [0.15, 0.2) is 6.20 Å². The van der Waals surface area contributed by atoms with Gasteiger partial charge in [-0.15, -0.1) is 0 Å². The van der Waals surface area contributed by atoms with Gasteiger partial charge in [0.2, 0.25) is 5.91 Å². The van der Waals surface area contributed by atoms with Crippen molar-refractivity contribution < 1.29 is 19.0 Å². The summed E-state index contributed by atoms with van der Waals surface area (Å²) in [6.07, 6.45) is 1.41. The maximum atomic E-state index is 12.2. The maximum Gasteiger partial charge on any atom is 0.251 e. The lowest BCUT2D eigenvalue weighted by atomic mass is 10.1. The van der Waals surface area contributed by atoms with Crippen LogP contribution in [-0.2, 0) is 4.79 Å². The van der Waals surface area contributed by atoms with Gasteiger partial charge in [0.25, 0.3) is 5.03 Å². The minimum absolute atomic E-state index is 0.156. The van der Waals surface area contributed by atoms with Crippen molar-refractivity contribution in [2.45, 2.75) is 18.0 Å². The Morgan fingerprint density at radius 2 is 2.08 bits per heavy atom. The molecular formula is C17H20N2O4S. The molecule has 7 heteroatoms. The van der Waals surface area contributed by atoms with Gasteiger partial charge < -0.3 is 20.0 Å². The lowest BCUT2D eigenvalue weighted by Crippen LogP contribution is -2.31. The van der Waals surface area contributed by atoms with Crippen LogP contribution in [0.15, 0.2) is 47.6 Å². The number of nitrogens with zero attached hydrogens (tertiary/aromatic N) is 1. The quantitative estimate of drug-likeness (QED) is 0.472. The molecule has 0 fully saturated rings. The van der Waals surface area contributed by atoms with Crippen molar-refractivity contribution in [2.75, 3.05) is 20.0 Å². The number of amides is 1. The number of benzene rings is 1. The molecule has 2 rings (SSSR count). The number of rotatable bonds is 7. The van der Waals surface area contributed by atoms with Gasteiger partial charge in [0.05, 0.1) is 26.0 Å². The second-order valence-electron chi connectivity index (χ2n) is 5.05. The summed E-state index contributed by atoms with van der Waals surface area (Å²) in [4.78, 5) is 12.2. The Hall–Kier alpha value is -2.41. The first kappa shape index (κ1) is 17.9. The predicted molar refractivity (Wildman–Crippen MR) is 92.2 cm³/mol. The smallest absolute Gasteiger partial charge is 0.251 e. The van der Waals surface area contributed by atoms with Gasteiger partial charge in [0, 0.05) is 17.7 Å². The maximum absolute atomic E-state index is 12.2. The molecule has 1 heterocycles. The Labute approximate surface area is 145 Å². The van der Waals surface area contributed by atoms with Gasteiger partial charge >= 0.3 is 0 Å². The number of hydrogen-bond acceptors (Lipinski definition) is 5. The van der Waals surface area contributed by atoms with Crippen molar-refractivity contribution in [2.24, 2.45) is 0 Å². The SMILES string of the molecule is COc1ccc(OC)c(C(C)NC(=O)CSc2cccc[n+]2[O-])c1. The average molecular weight is 348 g/mol. The number of carbonyl (C=O) groups excluding carboxylic acids is 1. The minimum Gasteiger partial charge on any atom is -0.618 e. The number of pyridine rings is 1. The summed E-state index contributed by atoms with van der Waals surface area (Å²) in [5.74, 6) is 1.36. The van der Waals surface area contributed by atoms with Crippen LogP contribution < -0.4 is 19.5 Å². The van der Waals surface area contributed by atoms with E-state index in [-0.39, 0.29) is 17.7 Å². The molecule has 2 aromatic rings. The fourth-order valence-electron chi connectivity index (χ4n) is 2.20. The predicted octanol–water partition coefficient (Wildman–Crippen LogP) is 2.31. The summed E-state index contributed by atoms with van der Waals surface area (Å²) in [5.41, 5.74) is 0.828. The number of methoxy groups -OCH3 is 2. The number of aromatic nitrogens is 1. The number of nitrogens with one attached hydrogen (secondary N) is 1. The molecule has 0 bridgehead atoms. The van der Waals surface area contributed by atoms with E-state index in [0.717, 1.165) is 10.3 Å². The summed E-state index contributed by atoms with van der Waals surface area (Å²) >= 11 is 1.19. The molecule has 0 saturated carbocycles. The molecular weight excluding hydrogens is 328 g/mol. The van der Waals surface area contributed by atoms with Crippen LogP contribution in [0.1, 0.15) is 18.5 Å². The summed E-state index contributed by atoms with van der Waals surface area (Å²) in [6.45, 7) is 1.87. The third-order valence-corrected chi connectivity index (χ3v) is 4.44. The highest BCUT2D eigenvalue weighted by Gasteiger charge is 2.16. The fraction of sp³-hybridized carbons (Fsp3) is 0.294. The van der Waals surface area contributed by atoms with Crippen molar-refractivity contribution in [3.8, 4) is 11.5 Å². The van der Waals surface area contributed by atoms with Crippen LogP contribution in [0.3, 0.4) is 0 Å². The van der Waals surface area contributed by atoms with Crippen LogP contribution >= 0.6 is 11.8 Å². The minimum atomic E-state index is -0.252. The molecule has 1 aromatic heterocycles. The van der Waals surface area contributed by atoms with E-state index in [2.05, 4.69) is 5.32 Å². The first-order chi connectivity index (χ1) is 11.5. The largest absolute Gasteiger partial charge is 0.618 e. The average Bonchev–Trinajstić information content (AvgIpc) is 2.60. The first-order valence-corrected chi connectivity index (χ1v) is 8.36. The zero-order chi connectivity index (χ0) is 17.5. The second-order valence-corrected chi connectivity index (χ2v) is 6.05. The van der Waals surface area contributed by atoms with E-state index in [1.165, 1.54) is 18.0 Å². The van der Waals surface area contributed by atoms with Crippen LogP contribution in [0.5, 0.6) is 11.5 Å². The van der Waals surface area contributed by atoms with E-state index < -0.39 is 0 Å². The van der Waals surface area contributed by atoms with Gasteiger partial charge in [-0.25, -0.2) is 0 Å². The van der Waals surface area contributed by atoms with Crippen molar-refractivity contribution in [3.05, 3.63) is 53.4 Å². The normalized spacial score (nSPS) is 11.6. The van der Waals surface area contributed by atoms with Gasteiger partial charge in [-0.1, -0.05) is 0 Å². The third kappa shape index (κ3) is 4.55. The summed E-state index contributed by atoms with van der Waals surface area (Å²) in [6, 6.07) is 10.3.